The second kappa shape index (κ2) is 23.3. The van der Waals surface area contributed by atoms with Crippen LogP contribution in [-0.2, 0) is 84.2 Å². The molecule has 2 aromatic carbocycles. The lowest BCUT2D eigenvalue weighted by molar-refractivity contribution is -0.172. The Kier molecular flexibility index (Phi) is 16.6. The van der Waals surface area contributed by atoms with Gasteiger partial charge in [-0.3, -0.25) is 48.1 Å². The highest BCUT2D eigenvalue weighted by Gasteiger charge is 2.46. The second-order valence-corrected chi connectivity index (χ2v) is 19.1. The van der Waals surface area contributed by atoms with Crippen molar-refractivity contribution >= 4 is 64.1 Å². The van der Waals surface area contributed by atoms with Gasteiger partial charge in [0.15, 0.2) is 5.60 Å². The lowest BCUT2D eigenvalue weighted by atomic mass is 9.81. The molecule has 4 aliphatic rings. The Balaban J connectivity index is 0.800. The van der Waals surface area contributed by atoms with Gasteiger partial charge in [-0.15, -0.1) is 0 Å². The van der Waals surface area contributed by atoms with Crippen LogP contribution in [0.4, 0.5) is 4.39 Å². The molecule has 4 aromatic rings. The minimum absolute atomic E-state index is 0.0277. The normalized spacial score (nSPS) is 18.5. The highest BCUT2D eigenvalue weighted by Crippen LogP contribution is 2.46. The molecule has 1 aliphatic carbocycles. The zero-order valence-electron chi connectivity index (χ0n) is 41.8. The van der Waals surface area contributed by atoms with Gasteiger partial charge in [0.2, 0.25) is 41.4 Å². The van der Waals surface area contributed by atoms with Crippen LogP contribution in [0.2, 0.25) is 0 Å². The number of imide groups is 1. The average molecular weight is 1050 g/mol. The highest BCUT2D eigenvalue weighted by atomic mass is 19.1. The van der Waals surface area contributed by atoms with E-state index in [-0.39, 0.29) is 56.5 Å². The molecule has 5 heterocycles. The molecule has 402 valence electrons. The van der Waals surface area contributed by atoms with Crippen LogP contribution in [-0.4, -0.2) is 130 Å². The molecule has 1 fully saturated rings. The number of aliphatic hydroxyl groups excluding tert-OH is 1. The van der Waals surface area contributed by atoms with Gasteiger partial charge in [0, 0.05) is 42.0 Å². The molecule has 0 saturated carbocycles. The number of esters is 1. The third-order valence-electron chi connectivity index (χ3n) is 14.1. The number of halogens is 1. The van der Waals surface area contributed by atoms with Gasteiger partial charge in [0.05, 0.1) is 61.1 Å². The number of pyridine rings is 2. The maximum Gasteiger partial charge on any atom is 0.343 e. The standard InChI is InChI=1S/C52H58FN9O14/c1-3-52(74)32-17-37-47-30(23-62(37)49(71)31(32)24-76-51(52)73)46-34(14-13-29-27(2)33(53)18-35(60-47)45(29)46)58-43(68)25-75-26-57-41(66)21-56-48(70)36(16-28-10-6-4-7-11-28)59-42(67)22-55-40(65)20-54-39(64)12-8-5-9-15-61-44(69)19-38(63)50(61)72/h4,6-7,10-11,17-18,34,36,38,63,74H,3,5,8-9,12-16,19-26H2,1-2H3,(H,54,64)(H,55,65)(H,56,70)(H,57,66)(H,58,68)(H,59,67)/t34-,36-,38?,52-/m0/s1. The molecular weight excluding hydrogens is 994 g/mol. The molecule has 0 radical (unpaired) electrons. The van der Waals surface area contributed by atoms with Gasteiger partial charge < -0.3 is 56.2 Å². The van der Waals surface area contributed by atoms with E-state index in [1.807, 2.05) is 0 Å². The predicted octanol–water partition coefficient (Wildman–Crippen LogP) is -0.523. The lowest BCUT2D eigenvalue weighted by Crippen LogP contribution is -2.52. The highest BCUT2D eigenvalue weighted by molar-refractivity contribution is 6.04. The Labute approximate surface area is 433 Å². The van der Waals surface area contributed by atoms with Crippen molar-refractivity contribution < 1.29 is 67.2 Å². The van der Waals surface area contributed by atoms with E-state index in [4.69, 9.17) is 14.5 Å². The fraction of sp³-hybridized carbons (Fsp3) is 0.442. The number of amides is 8. The van der Waals surface area contributed by atoms with Crippen molar-refractivity contribution in [3.05, 3.63) is 97.6 Å². The Morgan fingerprint density at radius 1 is 0.895 bits per heavy atom. The number of aryl methyl sites for hydroxylation is 1. The summed E-state index contributed by atoms with van der Waals surface area (Å²) in [5, 5.41) is 36.8. The first kappa shape index (κ1) is 54.3. The predicted molar refractivity (Wildman–Crippen MR) is 264 cm³/mol. The molecule has 23 nitrogen and oxygen atoms in total. The van der Waals surface area contributed by atoms with Crippen LogP contribution in [0.3, 0.4) is 0 Å². The van der Waals surface area contributed by atoms with Gasteiger partial charge >= 0.3 is 5.97 Å². The van der Waals surface area contributed by atoms with Gasteiger partial charge in [-0.25, -0.2) is 14.2 Å². The summed E-state index contributed by atoms with van der Waals surface area (Å²) in [6, 6.07) is 9.78. The monoisotopic (exact) mass is 1050 g/mol. The summed E-state index contributed by atoms with van der Waals surface area (Å²) in [6.07, 6.45) is 0.617. The van der Waals surface area contributed by atoms with Crippen molar-refractivity contribution in [2.45, 2.75) is 109 Å². The molecule has 0 bridgehead atoms. The zero-order chi connectivity index (χ0) is 54.4. The van der Waals surface area contributed by atoms with E-state index in [0.29, 0.717) is 76.6 Å². The van der Waals surface area contributed by atoms with Gasteiger partial charge in [-0.05, 0) is 67.3 Å². The molecule has 0 spiro atoms. The first-order valence-electron chi connectivity index (χ1n) is 25.0. The number of hydrogen-bond acceptors (Lipinski definition) is 15. The molecule has 2 aromatic heterocycles. The number of rotatable bonds is 22. The van der Waals surface area contributed by atoms with Gasteiger partial charge in [0.1, 0.15) is 37.9 Å². The third-order valence-corrected chi connectivity index (χ3v) is 14.1. The SMILES string of the molecule is CC[C@@]1(O)C(=O)OCc2c1cc1n(c2=O)Cc2c-1nc1cc(F)c(C)c3c1c2[C@@H](NC(=O)COCNC(=O)CNC(=O)[C@H](Cc1ccccc1)NC(=O)CNC(=O)CNC(=O)CCCCCN1C(=O)CC(O)C1=O)CC3. The number of hydrogen-bond donors (Lipinski definition) is 8. The largest absolute Gasteiger partial charge is 0.458 e. The van der Waals surface area contributed by atoms with Crippen LogP contribution in [0.1, 0.15) is 96.9 Å². The summed E-state index contributed by atoms with van der Waals surface area (Å²) < 4.78 is 27.5. The molecule has 8 N–H and O–H groups in total. The summed E-state index contributed by atoms with van der Waals surface area (Å²) in [5.41, 5.74) is 1.80. The molecule has 76 heavy (non-hydrogen) atoms. The zero-order valence-corrected chi connectivity index (χ0v) is 41.8. The lowest BCUT2D eigenvalue weighted by Gasteiger charge is -2.31. The van der Waals surface area contributed by atoms with Crippen LogP contribution < -0.4 is 37.5 Å². The maximum absolute atomic E-state index is 15.4. The Morgan fingerprint density at radius 3 is 2.36 bits per heavy atom. The number of cyclic esters (lactones) is 1. The fourth-order valence-corrected chi connectivity index (χ4v) is 10.0. The number of carbonyl (C=O) groups is 9. The van der Waals surface area contributed by atoms with E-state index in [1.54, 1.807) is 50.2 Å². The summed E-state index contributed by atoms with van der Waals surface area (Å²) in [6.45, 7) is 0.709. The number of aromatic nitrogens is 2. The Hall–Kier alpha value is -7.96. The average Bonchev–Trinajstić information content (AvgIpc) is 3.97. The van der Waals surface area contributed by atoms with Gasteiger partial charge in [0.25, 0.3) is 11.5 Å². The molecule has 8 amide bonds. The van der Waals surface area contributed by atoms with Crippen molar-refractivity contribution in [1.82, 2.24) is 46.4 Å². The quantitative estimate of drug-likeness (QED) is 0.0187. The van der Waals surface area contributed by atoms with Crippen molar-refractivity contribution in [3.63, 3.8) is 0 Å². The number of ether oxygens (including phenoxy) is 2. The summed E-state index contributed by atoms with van der Waals surface area (Å²) in [4.78, 5) is 133. The first-order chi connectivity index (χ1) is 36.4. The minimum Gasteiger partial charge on any atom is -0.458 e. The Morgan fingerprint density at radius 2 is 1.62 bits per heavy atom. The van der Waals surface area contributed by atoms with Crippen molar-refractivity contribution in [3.8, 4) is 11.4 Å². The molecule has 8 rings (SSSR count). The van der Waals surface area contributed by atoms with E-state index in [0.717, 1.165) is 10.5 Å². The third kappa shape index (κ3) is 11.6. The van der Waals surface area contributed by atoms with Crippen LogP contribution in [0.25, 0.3) is 22.3 Å². The summed E-state index contributed by atoms with van der Waals surface area (Å²) >= 11 is 0. The van der Waals surface area contributed by atoms with Crippen LogP contribution in [0.15, 0.2) is 47.3 Å². The molecular formula is C52H58FN9O14. The number of likely N-dealkylation sites (tertiary alicyclic amines) is 1. The fourth-order valence-electron chi connectivity index (χ4n) is 10.0. The molecule has 24 heteroatoms. The van der Waals surface area contributed by atoms with Crippen molar-refractivity contribution in [1.29, 1.82) is 0 Å². The van der Waals surface area contributed by atoms with E-state index in [2.05, 4.69) is 31.9 Å². The summed E-state index contributed by atoms with van der Waals surface area (Å²) in [5.74, 6) is -6.21. The molecule has 4 atom stereocenters. The number of fused-ring (bicyclic) bond motifs is 5. The number of unbranched alkanes of at least 4 members (excludes halogenated alkanes) is 2. The van der Waals surface area contributed by atoms with E-state index in [1.165, 1.54) is 10.6 Å². The van der Waals surface area contributed by atoms with E-state index in [9.17, 15) is 58.2 Å². The van der Waals surface area contributed by atoms with Crippen LogP contribution in [0.5, 0.6) is 0 Å². The smallest absolute Gasteiger partial charge is 0.343 e. The van der Waals surface area contributed by atoms with Crippen LogP contribution >= 0.6 is 0 Å². The first-order valence-corrected chi connectivity index (χ1v) is 25.0. The van der Waals surface area contributed by atoms with Crippen molar-refractivity contribution in [2.75, 3.05) is 39.5 Å². The number of nitrogens with one attached hydrogen (secondary N) is 6. The molecule has 1 unspecified atom stereocenters. The number of nitrogens with zero attached hydrogens (tertiary/aromatic N) is 3. The second-order valence-electron chi connectivity index (χ2n) is 19.1. The number of benzene rings is 2. The Bertz CT molecular complexity index is 3090. The summed E-state index contributed by atoms with van der Waals surface area (Å²) in [7, 11) is 0. The number of aliphatic hydroxyl groups is 2. The van der Waals surface area contributed by atoms with E-state index >= 15 is 4.39 Å². The topological polar surface area (TPSA) is 323 Å². The van der Waals surface area contributed by atoms with Crippen LogP contribution in [0, 0.1) is 12.7 Å². The molecule has 3 aliphatic heterocycles. The number of carbonyl (C=O) groups excluding carboxylic acids is 9. The van der Waals surface area contributed by atoms with Crippen molar-refractivity contribution in [2.24, 2.45) is 0 Å². The van der Waals surface area contributed by atoms with Gasteiger partial charge in [-0.1, -0.05) is 43.7 Å². The maximum atomic E-state index is 15.4. The molecule has 1 saturated heterocycles. The van der Waals surface area contributed by atoms with Gasteiger partial charge in [-0.2, -0.15) is 0 Å². The van der Waals surface area contributed by atoms with E-state index < -0.39 is 121 Å². The minimum atomic E-state index is -2.06.